The minimum atomic E-state index is -2.94. The van der Waals surface area contributed by atoms with Gasteiger partial charge in [0.25, 0.3) is 0 Å². The quantitative estimate of drug-likeness (QED) is 0.0354. The number of nitrogens with one attached hydrogen (secondary N) is 2. The molecule has 0 fully saturated rings. The van der Waals surface area contributed by atoms with Gasteiger partial charge in [0.1, 0.15) is 34.5 Å². The van der Waals surface area contributed by atoms with Crippen molar-refractivity contribution in [2.75, 3.05) is 83.0 Å². The number of aliphatic hydroxyl groups excluding tert-OH is 1. The van der Waals surface area contributed by atoms with E-state index in [1.165, 1.54) is 13.2 Å². The molecule has 110 heavy (non-hydrogen) atoms. The molecule has 3 unspecified atom stereocenters. The summed E-state index contributed by atoms with van der Waals surface area (Å²) in [6, 6.07) is 35.5. The maximum Gasteiger partial charge on any atom is 0.387 e. The number of aryl methyl sites for hydroxylation is 3. The maximum atomic E-state index is 12.9. The van der Waals surface area contributed by atoms with Crippen molar-refractivity contribution in [2.24, 2.45) is 38.9 Å². The first kappa shape index (κ1) is 81.4. The largest absolute Gasteiger partial charge is 0.497 e. The molecule has 582 valence electrons. The highest BCUT2D eigenvalue weighted by Crippen LogP contribution is 2.40. The van der Waals surface area contributed by atoms with E-state index < -0.39 is 12.7 Å². The Bertz CT molecular complexity index is 4930. The van der Waals surface area contributed by atoms with Crippen LogP contribution in [0.4, 0.5) is 42.9 Å². The number of aromatic nitrogens is 12. The minimum Gasteiger partial charge on any atom is -0.497 e. The molecule has 6 aromatic heterocycles. The Hall–Kier alpha value is -11.1. The summed E-state index contributed by atoms with van der Waals surface area (Å²) in [6.07, 6.45) is 15.7. The fourth-order valence-electron chi connectivity index (χ4n) is 12.2. The molecule has 0 aliphatic carbocycles. The maximum absolute atomic E-state index is 12.9. The molecule has 0 spiro atoms. The van der Waals surface area contributed by atoms with E-state index in [2.05, 4.69) is 135 Å². The van der Waals surface area contributed by atoms with Gasteiger partial charge in [-0.25, -0.2) is 15.0 Å². The van der Waals surface area contributed by atoms with Gasteiger partial charge in [-0.1, -0.05) is 69.2 Å². The van der Waals surface area contributed by atoms with Crippen molar-refractivity contribution in [2.45, 2.75) is 106 Å². The predicted molar refractivity (Wildman–Crippen MR) is 430 cm³/mol. The Labute approximate surface area is 642 Å². The second-order valence-electron chi connectivity index (χ2n) is 28.4. The Morgan fingerprint density at radius 1 is 0.427 bits per heavy atom. The highest BCUT2D eigenvalue weighted by molar-refractivity contribution is 5.86. The van der Waals surface area contributed by atoms with Gasteiger partial charge in [-0.3, -0.25) is 29.0 Å². The standard InChI is InChI=1S/C30H39N5O4.C28H36N6O2.C25H28F2N6O2/c1-19(2)29(36)18-39-30(20(3)4)17-35(23-10-24(37-6)13-25(11-23)38-7)22-8-9-26-27(12-22)33-28(15-31-26)21-14-32-34(5)16-21;1-18(2)28(16-29-19(3)4)34(22-10-23(35-6)13-24(11-22)36-7)21-8-9-25-26(12-21)32-27(15-30-25)20-14-31-33(5)17-20;1-16(2)28-7-8-33(19-9-20(34-4)12-21(10-19)35-25(26)27)18-5-6-22-23(11-18)31-24(14-29-22)17-13-30-32(3)15-17/h8-16,19-20,29-30,36H,17-18H2,1-7H3;8-15,17-19,28-29H,16H2,1-7H3;5-6,9-16,25,28H,7-8H2,1-4H3. The number of rotatable bonds is 32. The van der Waals surface area contributed by atoms with Crippen LogP contribution in [-0.2, 0) is 25.9 Å². The van der Waals surface area contributed by atoms with E-state index in [1.807, 2.05) is 125 Å². The lowest BCUT2D eigenvalue weighted by Crippen LogP contribution is -2.45. The summed E-state index contributed by atoms with van der Waals surface area (Å²) in [7, 11) is 13.7. The lowest BCUT2D eigenvalue weighted by Gasteiger charge is -2.37. The van der Waals surface area contributed by atoms with Gasteiger partial charge >= 0.3 is 6.61 Å². The topological polar surface area (TPSA) is 249 Å². The monoisotopic (exact) mass is 1500 g/mol. The number of alkyl halides is 2. The zero-order valence-electron chi connectivity index (χ0n) is 66.1. The first-order valence-corrected chi connectivity index (χ1v) is 36.8. The second kappa shape index (κ2) is 37.8. The zero-order chi connectivity index (χ0) is 78.9. The summed E-state index contributed by atoms with van der Waals surface area (Å²) in [5.41, 5.74) is 15.0. The van der Waals surface area contributed by atoms with E-state index in [0.29, 0.717) is 71.8 Å². The summed E-state index contributed by atoms with van der Waals surface area (Å²) in [5.74, 6) is 3.98. The van der Waals surface area contributed by atoms with Crippen LogP contribution in [0.15, 0.2) is 165 Å². The summed E-state index contributed by atoms with van der Waals surface area (Å²) in [4.78, 5) is 35.0. The van der Waals surface area contributed by atoms with Gasteiger partial charge in [-0.05, 0) is 72.4 Å². The number of fused-ring (bicyclic) bond motifs is 3. The number of aliphatic hydroxyl groups is 1. The fourth-order valence-corrected chi connectivity index (χ4v) is 12.2. The molecule has 0 saturated carbocycles. The molecule has 25 nitrogen and oxygen atoms in total. The van der Waals surface area contributed by atoms with Crippen LogP contribution in [0.5, 0.6) is 34.5 Å². The molecule has 0 saturated heterocycles. The number of hydrogen-bond donors (Lipinski definition) is 3. The van der Waals surface area contributed by atoms with Gasteiger partial charge in [0.2, 0.25) is 0 Å². The van der Waals surface area contributed by atoms with Crippen molar-refractivity contribution >= 4 is 67.2 Å². The molecular formula is C83H103F2N17O8. The molecule has 27 heteroatoms. The lowest BCUT2D eigenvalue weighted by atomic mass is 9.99. The summed E-state index contributed by atoms with van der Waals surface area (Å²) < 4.78 is 69.8. The van der Waals surface area contributed by atoms with Crippen LogP contribution < -0.4 is 53.8 Å². The van der Waals surface area contributed by atoms with E-state index in [1.54, 1.807) is 91.8 Å². The number of methoxy groups -OCH3 is 5. The second-order valence-corrected chi connectivity index (χ2v) is 28.4. The smallest absolute Gasteiger partial charge is 0.387 e. The Kier molecular flexibility index (Phi) is 28.0. The van der Waals surface area contributed by atoms with Crippen LogP contribution in [-0.4, -0.2) is 170 Å². The molecule has 3 atom stereocenters. The molecule has 0 aliphatic heterocycles. The van der Waals surface area contributed by atoms with Gasteiger partial charge in [0.15, 0.2) is 0 Å². The van der Waals surface area contributed by atoms with Gasteiger partial charge in [-0.15, -0.1) is 0 Å². The van der Waals surface area contributed by atoms with E-state index >= 15 is 0 Å². The summed E-state index contributed by atoms with van der Waals surface area (Å²) in [6.45, 7) is 21.1. The van der Waals surface area contributed by atoms with Crippen molar-refractivity contribution in [1.29, 1.82) is 0 Å². The highest BCUT2D eigenvalue weighted by Gasteiger charge is 2.28. The van der Waals surface area contributed by atoms with Crippen molar-refractivity contribution in [1.82, 2.24) is 69.9 Å². The summed E-state index contributed by atoms with van der Waals surface area (Å²) >= 11 is 0. The molecule has 12 aromatic rings. The van der Waals surface area contributed by atoms with E-state index in [-0.39, 0.29) is 36.3 Å². The van der Waals surface area contributed by atoms with Gasteiger partial charge in [0.05, 0.1) is 142 Å². The van der Waals surface area contributed by atoms with Crippen molar-refractivity contribution in [3.63, 3.8) is 0 Å². The fraction of sp³-hybridized carbons (Fsp3) is 0.386. The molecule has 6 aromatic carbocycles. The zero-order valence-corrected chi connectivity index (χ0v) is 66.1. The van der Waals surface area contributed by atoms with Gasteiger partial charge in [0, 0.05) is 189 Å². The number of halogens is 2. The molecule has 0 aliphatic rings. The van der Waals surface area contributed by atoms with Crippen LogP contribution >= 0.6 is 0 Å². The first-order chi connectivity index (χ1) is 52.8. The van der Waals surface area contributed by atoms with Crippen molar-refractivity contribution in [3.05, 3.63) is 165 Å². The Balaban J connectivity index is 0.000000176. The average Bonchev–Trinajstić information content (AvgIpc) is 0.861. The average molecular weight is 1500 g/mol. The van der Waals surface area contributed by atoms with E-state index in [4.69, 9.17) is 43.4 Å². The van der Waals surface area contributed by atoms with Crippen molar-refractivity contribution in [3.8, 4) is 68.3 Å². The van der Waals surface area contributed by atoms with Gasteiger partial charge in [-0.2, -0.15) is 24.1 Å². The van der Waals surface area contributed by atoms with E-state index in [0.717, 1.165) is 102 Å². The SMILES string of the molecule is COc1cc(OC(F)F)cc(N(CCNC(C)C)c2ccc3ncc(-c4cnn(C)c4)nc3c2)c1.COc1cc(OC)cc(N(CC(OCC(O)C(C)C)C(C)C)c2ccc3ncc(-c4cnn(C)c4)nc3c2)c1.COc1cc(OC)cc(N(c2ccc3ncc(-c4cnn(C)c4)nc3c2)C(CNC(C)C)C(C)C)c1. The third kappa shape index (κ3) is 21.4. The molecule has 0 amide bonds. The molecule has 12 rings (SSSR count). The van der Waals surface area contributed by atoms with Crippen LogP contribution in [0.3, 0.4) is 0 Å². The molecular weight excluding hydrogens is 1400 g/mol. The number of nitrogens with zero attached hydrogens (tertiary/aromatic N) is 15. The minimum absolute atomic E-state index is 0.0237. The first-order valence-electron chi connectivity index (χ1n) is 36.8. The van der Waals surface area contributed by atoms with E-state index in [9.17, 15) is 13.9 Å². The van der Waals surface area contributed by atoms with Crippen LogP contribution in [0, 0.1) is 17.8 Å². The molecule has 0 radical (unpaired) electrons. The third-order valence-corrected chi connectivity index (χ3v) is 18.5. The third-order valence-electron chi connectivity index (χ3n) is 18.5. The number of anilines is 6. The summed E-state index contributed by atoms with van der Waals surface area (Å²) in [5, 5.41) is 30.2. The van der Waals surface area contributed by atoms with Crippen LogP contribution in [0.1, 0.15) is 69.2 Å². The van der Waals surface area contributed by atoms with Gasteiger partial charge < -0.3 is 63.6 Å². The Morgan fingerprint density at radius 2 is 0.818 bits per heavy atom. The predicted octanol–water partition coefficient (Wildman–Crippen LogP) is 15.2. The highest BCUT2D eigenvalue weighted by atomic mass is 19.3. The van der Waals surface area contributed by atoms with Crippen LogP contribution in [0.2, 0.25) is 0 Å². The molecule has 0 bridgehead atoms. The van der Waals surface area contributed by atoms with Crippen LogP contribution in [0.25, 0.3) is 66.9 Å². The molecule has 6 heterocycles. The Morgan fingerprint density at radius 3 is 1.20 bits per heavy atom. The number of benzene rings is 6. The van der Waals surface area contributed by atoms with Crippen molar-refractivity contribution < 1.29 is 47.0 Å². The normalized spacial score (nSPS) is 12.4. The number of ether oxygens (including phenoxy) is 7. The molecule has 3 N–H and O–H groups in total. The number of hydrogen-bond acceptors (Lipinski definition) is 22. The lowest BCUT2D eigenvalue weighted by molar-refractivity contribution is -0.0499.